The van der Waals surface area contributed by atoms with Gasteiger partial charge in [0, 0.05) is 20.1 Å². The first-order valence-electron chi connectivity index (χ1n) is 7.01. The van der Waals surface area contributed by atoms with Crippen LogP contribution in [0.15, 0.2) is 18.2 Å². The zero-order valence-corrected chi connectivity index (χ0v) is 12.2. The molecule has 0 fully saturated rings. The molecule has 1 rings (SSSR count). The number of nitrogens with zero attached hydrogens (tertiary/aromatic N) is 2. The second-order valence-corrected chi connectivity index (χ2v) is 5.29. The van der Waals surface area contributed by atoms with E-state index >= 15 is 0 Å². The minimum atomic E-state index is 0.681. The highest BCUT2D eigenvalue weighted by Gasteiger charge is 2.03. The minimum absolute atomic E-state index is 0.681. The Kier molecular flexibility index (Phi) is 6.73. The Hall–Kier alpha value is -1.09. The molecule has 1 heterocycles. The van der Waals surface area contributed by atoms with Crippen LogP contribution in [0.2, 0.25) is 0 Å². The normalized spacial score (nSPS) is 10.9. The second-order valence-electron chi connectivity index (χ2n) is 5.29. The molecule has 1 aromatic rings. The van der Waals surface area contributed by atoms with Crippen molar-refractivity contribution in [2.75, 3.05) is 25.0 Å². The van der Waals surface area contributed by atoms with E-state index in [4.69, 9.17) is 0 Å². The summed E-state index contributed by atoms with van der Waals surface area (Å²) >= 11 is 0. The maximum Gasteiger partial charge on any atom is 0.128 e. The highest BCUT2D eigenvalue weighted by molar-refractivity contribution is 5.38. The van der Waals surface area contributed by atoms with Gasteiger partial charge in [-0.15, -0.1) is 0 Å². The van der Waals surface area contributed by atoms with Crippen LogP contribution in [0.25, 0.3) is 0 Å². The monoisotopic (exact) mass is 249 g/mol. The van der Waals surface area contributed by atoms with Gasteiger partial charge in [0.05, 0.1) is 5.69 Å². The molecule has 0 aliphatic heterocycles. The molecule has 0 unspecified atom stereocenters. The summed E-state index contributed by atoms with van der Waals surface area (Å²) in [7, 11) is 2.11. The molecule has 102 valence electrons. The van der Waals surface area contributed by atoms with E-state index in [2.05, 4.69) is 61.2 Å². The van der Waals surface area contributed by atoms with E-state index in [-0.39, 0.29) is 0 Å². The summed E-state index contributed by atoms with van der Waals surface area (Å²) in [5, 5.41) is 3.43. The van der Waals surface area contributed by atoms with Gasteiger partial charge in [0.25, 0.3) is 0 Å². The van der Waals surface area contributed by atoms with Crippen molar-refractivity contribution in [2.24, 2.45) is 5.92 Å². The number of hydrogen-bond acceptors (Lipinski definition) is 3. The number of aromatic nitrogens is 1. The van der Waals surface area contributed by atoms with E-state index in [9.17, 15) is 0 Å². The van der Waals surface area contributed by atoms with Gasteiger partial charge in [0.1, 0.15) is 5.82 Å². The molecule has 18 heavy (non-hydrogen) atoms. The lowest BCUT2D eigenvalue weighted by molar-refractivity contribution is 0.548. The van der Waals surface area contributed by atoms with Crippen LogP contribution < -0.4 is 10.2 Å². The summed E-state index contributed by atoms with van der Waals surface area (Å²) in [6, 6.07) is 6.27. The number of hydrogen-bond donors (Lipinski definition) is 1. The van der Waals surface area contributed by atoms with Crippen molar-refractivity contribution >= 4 is 5.82 Å². The van der Waals surface area contributed by atoms with Gasteiger partial charge in [-0.3, -0.25) is 0 Å². The Labute approximate surface area is 112 Å². The lowest BCUT2D eigenvalue weighted by Gasteiger charge is -2.18. The van der Waals surface area contributed by atoms with E-state index in [1.807, 2.05) is 0 Å². The molecule has 0 bridgehead atoms. The van der Waals surface area contributed by atoms with Gasteiger partial charge >= 0.3 is 0 Å². The second kappa shape index (κ2) is 8.09. The first-order valence-corrected chi connectivity index (χ1v) is 7.01. The summed E-state index contributed by atoms with van der Waals surface area (Å²) in [5.74, 6) is 1.76. The van der Waals surface area contributed by atoms with Crippen LogP contribution in [0.3, 0.4) is 0 Å². The van der Waals surface area contributed by atoms with Crippen LogP contribution in [-0.4, -0.2) is 25.1 Å². The van der Waals surface area contributed by atoms with Crippen molar-refractivity contribution in [1.82, 2.24) is 10.3 Å². The predicted molar refractivity (Wildman–Crippen MR) is 79.0 cm³/mol. The first kappa shape index (κ1) is 15.0. The average molecular weight is 249 g/mol. The number of anilines is 1. The minimum Gasteiger partial charge on any atom is -0.360 e. The molecule has 0 saturated carbocycles. The molecule has 1 N–H and O–H groups in total. The van der Waals surface area contributed by atoms with Crippen LogP contribution in [0.1, 0.15) is 39.3 Å². The third kappa shape index (κ3) is 5.50. The SMILES string of the molecule is CCCCN(C)c1cccc(CNCC(C)C)n1. The topological polar surface area (TPSA) is 28.2 Å². The van der Waals surface area contributed by atoms with Gasteiger partial charge in [-0.25, -0.2) is 4.98 Å². The van der Waals surface area contributed by atoms with E-state index < -0.39 is 0 Å². The lowest BCUT2D eigenvalue weighted by atomic mass is 10.2. The Balaban J connectivity index is 2.50. The van der Waals surface area contributed by atoms with E-state index in [1.54, 1.807) is 0 Å². The molecule has 0 spiro atoms. The standard InChI is InChI=1S/C15H27N3/c1-5-6-10-18(4)15-9-7-8-14(17-15)12-16-11-13(2)3/h7-9,13,16H,5-6,10-12H2,1-4H3. The molecule has 3 heteroatoms. The first-order chi connectivity index (χ1) is 8.63. The number of rotatable bonds is 8. The summed E-state index contributed by atoms with van der Waals surface area (Å²) in [5.41, 5.74) is 1.12. The predicted octanol–water partition coefficient (Wildman–Crippen LogP) is 3.06. The van der Waals surface area contributed by atoms with Crippen molar-refractivity contribution in [1.29, 1.82) is 0 Å². The maximum atomic E-state index is 4.69. The van der Waals surface area contributed by atoms with Crippen LogP contribution >= 0.6 is 0 Å². The van der Waals surface area contributed by atoms with Crippen molar-refractivity contribution < 1.29 is 0 Å². The van der Waals surface area contributed by atoms with Crippen LogP contribution in [0, 0.1) is 5.92 Å². The number of unbranched alkanes of at least 4 members (excludes halogenated alkanes) is 1. The average Bonchev–Trinajstić information content (AvgIpc) is 2.36. The fourth-order valence-corrected chi connectivity index (χ4v) is 1.78. The number of pyridine rings is 1. The quantitative estimate of drug-likeness (QED) is 0.767. The van der Waals surface area contributed by atoms with Crippen LogP contribution in [0.4, 0.5) is 5.82 Å². The molecule has 1 aromatic heterocycles. The Bertz CT molecular complexity index is 336. The van der Waals surface area contributed by atoms with Gasteiger partial charge in [-0.2, -0.15) is 0 Å². The van der Waals surface area contributed by atoms with Gasteiger partial charge in [0.15, 0.2) is 0 Å². The third-order valence-electron chi connectivity index (χ3n) is 2.89. The molecule has 0 aliphatic rings. The fraction of sp³-hybridized carbons (Fsp3) is 0.667. The van der Waals surface area contributed by atoms with Gasteiger partial charge in [-0.1, -0.05) is 33.3 Å². The molecule has 0 amide bonds. The summed E-state index contributed by atoms with van der Waals surface area (Å²) < 4.78 is 0. The van der Waals surface area contributed by atoms with Gasteiger partial charge in [0.2, 0.25) is 0 Å². The fourth-order valence-electron chi connectivity index (χ4n) is 1.78. The molecule has 0 atom stereocenters. The third-order valence-corrected chi connectivity index (χ3v) is 2.89. The zero-order chi connectivity index (χ0) is 13.4. The Morgan fingerprint density at radius 3 is 2.78 bits per heavy atom. The van der Waals surface area contributed by atoms with Crippen molar-refractivity contribution in [3.05, 3.63) is 23.9 Å². The van der Waals surface area contributed by atoms with Crippen LogP contribution in [0.5, 0.6) is 0 Å². The van der Waals surface area contributed by atoms with Crippen molar-refractivity contribution in [2.45, 2.75) is 40.2 Å². The maximum absolute atomic E-state index is 4.69. The van der Waals surface area contributed by atoms with Gasteiger partial charge in [-0.05, 0) is 31.0 Å². The van der Waals surface area contributed by atoms with E-state index in [0.717, 1.165) is 31.1 Å². The molecule has 0 radical (unpaired) electrons. The molecular weight excluding hydrogens is 222 g/mol. The molecule has 0 aromatic carbocycles. The highest BCUT2D eigenvalue weighted by atomic mass is 15.2. The Morgan fingerprint density at radius 1 is 1.33 bits per heavy atom. The molecular formula is C15H27N3. The summed E-state index contributed by atoms with van der Waals surface area (Å²) in [4.78, 5) is 6.92. The molecule has 0 aliphatic carbocycles. The van der Waals surface area contributed by atoms with Crippen molar-refractivity contribution in [3.8, 4) is 0 Å². The lowest BCUT2D eigenvalue weighted by Crippen LogP contribution is -2.22. The molecule has 3 nitrogen and oxygen atoms in total. The number of nitrogens with one attached hydrogen (secondary N) is 1. The van der Waals surface area contributed by atoms with Gasteiger partial charge < -0.3 is 10.2 Å². The van der Waals surface area contributed by atoms with E-state index in [0.29, 0.717) is 5.92 Å². The Morgan fingerprint density at radius 2 is 2.11 bits per heavy atom. The molecule has 0 saturated heterocycles. The zero-order valence-electron chi connectivity index (χ0n) is 12.2. The highest BCUT2D eigenvalue weighted by Crippen LogP contribution is 2.10. The van der Waals surface area contributed by atoms with E-state index in [1.165, 1.54) is 12.8 Å². The summed E-state index contributed by atoms with van der Waals surface area (Å²) in [6.45, 7) is 9.62. The smallest absolute Gasteiger partial charge is 0.128 e. The van der Waals surface area contributed by atoms with Crippen LogP contribution in [-0.2, 0) is 6.54 Å². The van der Waals surface area contributed by atoms with Crippen molar-refractivity contribution in [3.63, 3.8) is 0 Å². The largest absolute Gasteiger partial charge is 0.360 e. The summed E-state index contributed by atoms with van der Waals surface area (Å²) in [6.07, 6.45) is 2.44.